The summed E-state index contributed by atoms with van der Waals surface area (Å²) in [5, 5.41) is 13.0. The van der Waals surface area contributed by atoms with Crippen LogP contribution in [0.2, 0.25) is 0 Å². The first-order valence-electron chi connectivity index (χ1n) is 8.34. The summed E-state index contributed by atoms with van der Waals surface area (Å²) < 4.78 is 2.07. The number of aryl methyl sites for hydroxylation is 1. The van der Waals surface area contributed by atoms with Gasteiger partial charge in [0.25, 0.3) is 0 Å². The van der Waals surface area contributed by atoms with Gasteiger partial charge in [-0.2, -0.15) is 0 Å². The summed E-state index contributed by atoms with van der Waals surface area (Å²) in [4.78, 5) is 4.82. The van der Waals surface area contributed by atoms with E-state index in [0.717, 1.165) is 28.3 Å². The number of aromatic nitrogens is 2. The molecular formula is C21H20N2O. The van der Waals surface area contributed by atoms with Gasteiger partial charge in [0.05, 0.1) is 17.5 Å². The molecule has 24 heavy (non-hydrogen) atoms. The van der Waals surface area contributed by atoms with Crippen molar-refractivity contribution in [3.63, 3.8) is 0 Å². The summed E-state index contributed by atoms with van der Waals surface area (Å²) in [7, 11) is 0. The van der Waals surface area contributed by atoms with Crippen molar-refractivity contribution in [2.45, 2.75) is 26.4 Å². The lowest BCUT2D eigenvalue weighted by Crippen LogP contribution is -2.04. The highest BCUT2D eigenvalue weighted by atomic mass is 16.3. The van der Waals surface area contributed by atoms with E-state index in [4.69, 9.17) is 4.98 Å². The van der Waals surface area contributed by atoms with Crippen LogP contribution in [0, 0.1) is 6.92 Å². The first-order valence-corrected chi connectivity index (χ1v) is 8.34. The van der Waals surface area contributed by atoms with E-state index in [9.17, 15) is 5.11 Å². The van der Waals surface area contributed by atoms with Gasteiger partial charge in [0.1, 0.15) is 5.65 Å². The number of pyridine rings is 1. The van der Waals surface area contributed by atoms with Crippen LogP contribution in [0.3, 0.4) is 0 Å². The highest BCUT2D eigenvalue weighted by molar-refractivity contribution is 5.87. The molecule has 0 amide bonds. The summed E-state index contributed by atoms with van der Waals surface area (Å²) in [6.45, 7) is 4.04. The van der Waals surface area contributed by atoms with Crippen LogP contribution in [0.4, 0.5) is 0 Å². The van der Waals surface area contributed by atoms with E-state index in [1.165, 1.54) is 10.8 Å². The Bertz CT molecular complexity index is 1030. The van der Waals surface area contributed by atoms with Gasteiger partial charge >= 0.3 is 0 Å². The van der Waals surface area contributed by atoms with E-state index in [2.05, 4.69) is 34.7 Å². The van der Waals surface area contributed by atoms with Crippen molar-refractivity contribution in [3.8, 4) is 11.3 Å². The second kappa shape index (κ2) is 5.77. The van der Waals surface area contributed by atoms with Crippen LogP contribution in [-0.2, 0) is 0 Å². The van der Waals surface area contributed by atoms with Crippen LogP contribution in [0.1, 0.15) is 30.8 Å². The van der Waals surface area contributed by atoms with Gasteiger partial charge < -0.3 is 5.11 Å². The maximum Gasteiger partial charge on any atom is 0.137 e. The van der Waals surface area contributed by atoms with Crippen LogP contribution in [-0.4, -0.2) is 14.5 Å². The average Bonchev–Trinajstić information content (AvgIpc) is 3.01. The Hall–Kier alpha value is -2.65. The van der Waals surface area contributed by atoms with Crippen LogP contribution in [0.25, 0.3) is 27.7 Å². The van der Waals surface area contributed by atoms with Crippen molar-refractivity contribution in [1.82, 2.24) is 9.38 Å². The van der Waals surface area contributed by atoms with E-state index in [1.54, 1.807) is 0 Å². The smallest absolute Gasteiger partial charge is 0.137 e. The Morgan fingerprint density at radius 2 is 1.79 bits per heavy atom. The summed E-state index contributed by atoms with van der Waals surface area (Å²) in [5.74, 6) is 0. The van der Waals surface area contributed by atoms with E-state index < -0.39 is 6.10 Å². The fraction of sp³-hybridized carbons (Fsp3) is 0.190. The van der Waals surface area contributed by atoms with Gasteiger partial charge in [-0.3, -0.25) is 4.40 Å². The number of hydrogen-bond acceptors (Lipinski definition) is 2. The second-order valence-electron chi connectivity index (χ2n) is 6.19. The molecule has 2 heterocycles. The normalized spacial score (nSPS) is 12.8. The average molecular weight is 316 g/mol. The van der Waals surface area contributed by atoms with Crippen molar-refractivity contribution in [1.29, 1.82) is 0 Å². The van der Waals surface area contributed by atoms with Gasteiger partial charge in [0, 0.05) is 11.3 Å². The molecule has 2 aromatic heterocycles. The van der Waals surface area contributed by atoms with Gasteiger partial charge in [-0.1, -0.05) is 49.4 Å². The van der Waals surface area contributed by atoms with Crippen LogP contribution in [0.15, 0.2) is 60.7 Å². The van der Waals surface area contributed by atoms with E-state index >= 15 is 0 Å². The minimum absolute atomic E-state index is 0.539. The third-order valence-electron chi connectivity index (χ3n) is 4.60. The maximum atomic E-state index is 10.6. The standard InChI is InChI=1S/C21H20N2O/c1-3-18(24)21-20(22-19-10-6-7-14(2)23(19)21)17-12-11-15-8-4-5-9-16(15)13-17/h4-13,18,24H,3H2,1-2H3. The quantitative estimate of drug-likeness (QED) is 0.583. The van der Waals surface area contributed by atoms with Crippen LogP contribution >= 0.6 is 0 Å². The highest BCUT2D eigenvalue weighted by Crippen LogP contribution is 2.32. The molecule has 3 nitrogen and oxygen atoms in total. The largest absolute Gasteiger partial charge is 0.387 e. The molecule has 2 aromatic carbocycles. The zero-order valence-corrected chi connectivity index (χ0v) is 13.9. The van der Waals surface area contributed by atoms with Gasteiger partial charge in [-0.25, -0.2) is 4.98 Å². The van der Waals surface area contributed by atoms with Gasteiger partial charge in [0.15, 0.2) is 0 Å². The van der Waals surface area contributed by atoms with Crippen molar-refractivity contribution in [3.05, 3.63) is 72.1 Å². The van der Waals surface area contributed by atoms with Crippen molar-refractivity contribution < 1.29 is 5.11 Å². The maximum absolute atomic E-state index is 10.6. The second-order valence-corrected chi connectivity index (χ2v) is 6.19. The molecule has 4 aromatic rings. The molecule has 4 rings (SSSR count). The summed E-state index contributed by atoms with van der Waals surface area (Å²) in [5.41, 5.74) is 4.74. The molecule has 1 N–H and O–H groups in total. The van der Waals surface area contributed by atoms with Gasteiger partial charge in [-0.05, 0) is 42.3 Å². The molecule has 0 fully saturated rings. The number of benzene rings is 2. The number of rotatable bonds is 3. The number of imidazole rings is 1. The van der Waals surface area contributed by atoms with E-state index in [1.807, 2.05) is 44.2 Å². The monoisotopic (exact) mass is 316 g/mol. The lowest BCUT2D eigenvalue weighted by Gasteiger charge is -2.12. The van der Waals surface area contributed by atoms with Gasteiger partial charge in [-0.15, -0.1) is 0 Å². The Kier molecular flexibility index (Phi) is 3.58. The van der Waals surface area contributed by atoms with Crippen molar-refractivity contribution >= 4 is 16.4 Å². The molecule has 0 aliphatic heterocycles. The summed E-state index contributed by atoms with van der Waals surface area (Å²) in [6.07, 6.45) is 0.116. The molecule has 3 heteroatoms. The Labute approximate surface area is 141 Å². The van der Waals surface area contributed by atoms with Crippen molar-refractivity contribution in [2.75, 3.05) is 0 Å². The highest BCUT2D eigenvalue weighted by Gasteiger charge is 2.20. The number of aliphatic hydroxyl groups excluding tert-OH is 1. The number of hydrogen-bond donors (Lipinski definition) is 1. The molecule has 0 saturated heterocycles. The first-order chi connectivity index (χ1) is 11.7. The zero-order valence-electron chi connectivity index (χ0n) is 13.9. The third kappa shape index (κ3) is 2.29. The Morgan fingerprint density at radius 3 is 2.58 bits per heavy atom. The van der Waals surface area contributed by atoms with Crippen LogP contribution < -0.4 is 0 Å². The van der Waals surface area contributed by atoms with Crippen molar-refractivity contribution in [2.24, 2.45) is 0 Å². The molecule has 0 saturated carbocycles. The van der Waals surface area contributed by atoms with E-state index in [0.29, 0.717) is 6.42 Å². The number of fused-ring (bicyclic) bond motifs is 2. The molecule has 120 valence electrons. The minimum Gasteiger partial charge on any atom is -0.387 e. The summed E-state index contributed by atoms with van der Waals surface area (Å²) >= 11 is 0. The molecule has 1 atom stereocenters. The molecule has 1 unspecified atom stereocenters. The number of nitrogens with zero attached hydrogens (tertiary/aromatic N) is 2. The lowest BCUT2D eigenvalue weighted by atomic mass is 10.0. The topological polar surface area (TPSA) is 37.5 Å². The minimum atomic E-state index is -0.539. The van der Waals surface area contributed by atoms with Gasteiger partial charge in [0.2, 0.25) is 0 Å². The third-order valence-corrected chi connectivity index (χ3v) is 4.60. The fourth-order valence-electron chi connectivity index (χ4n) is 3.33. The van der Waals surface area contributed by atoms with Crippen LogP contribution in [0.5, 0.6) is 0 Å². The molecule has 0 spiro atoms. The Balaban J connectivity index is 2.02. The fourth-order valence-corrected chi connectivity index (χ4v) is 3.33. The molecule has 0 aliphatic rings. The Morgan fingerprint density at radius 1 is 1.00 bits per heavy atom. The predicted octanol–water partition coefficient (Wildman–Crippen LogP) is 4.91. The lowest BCUT2D eigenvalue weighted by molar-refractivity contribution is 0.168. The van der Waals surface area contributed by atoms with E-state index in [-0.39, 0.29) is 0 Å². The molecule has 0 bridgehead atoms. The number of aliphatic hydroxyl groups is 1. The molecular weight excluding hydrogens is 296 g/mol. The summed E-state index contributed by atoms with van der Waals surface area (Å²) in [6, 6.07) is 20.7. The predicted molar refractivity (Wildman–Crippen MR) is 98.1 cm³/mol. The molecule has 0 aliphatic carbocycles. The SMILES string of the molecule is CCC(O)c1c(-c2ccc3ccccc3c2)nc2cccc(C)n12. The first kappa shape index (κ1) is 14.9. The molecule has 0 radical (unpaired) electrons. The zero-order chi connectivity index (χ0) is 16.7.